The van der Waals surface area contributed by atoms with E-state index in [1.807, 2.05) is 0 Å². The van der Waals surface area contributed by atoms with Crippen molar-refractivity contribution in [3.63, 3.8) is 0 Å². The van der Waals surface area contributed by atoms with Gasteiger partial charge in [0.1, 0.15) is 0 Å². The number of rotatable bonds is 28. The molecule has 0 saturated heterocycles. The van der Waals surface area contributed by atoms with Gasteiger partial charge in [0, 0.05) is 32.3 Å². The minimum Gasteiger partial charge on any atom is -0.374 e. The number of nitrogens with zero attached hydrogens (tertiary/aromatic N) is 1. The van der Waals surface area contributed by atoms with E-state index in [2.05, 4.69) is 41.7 Å². The normalized spacial score (nSPS) is 12.5. The van der Waals surface area contributed by atoms with Gasteiger partial charge in [-0.2, -0.15) is 0 Å². The Morgan fingerprint density at radius 3 is 1.09 bits per heavy atom. The van der Waals surface area contributed by atoms with Crippen molar-refractivity contribution >= 4 is 8.80 Å². The molecule has 0 aliphatic heterocycles. The zero-order valence-corrected chi connectivity index (χ0v) is 26.1. The van der Waals surface area contributed by atoms with E-state index in [1.165, 1.54) is 127 Å². The van der Waals surface area contributed by atoms with Gasteiger partial charge in [-0.15, -0.1) is 0 Å². The molecule has 0 spiro atoms. The van der Waals surface area contributed by atoms with Gasteiger partial charge in [0.15, 0.2) is 0 Å². The lowest BCUT2D eigenvalue weighted by Crippen LogP contribution is -2.49. The Bertz CT molecular complexity index is 399. The summed E-state index contributed by atoms with van der Waals surface area (Å²) in [5.41, 5.74) is 0. The molecule has 0 aromatic heterocycles. The molecule has 5 heteroatoms. The van der Waals surface area contributed by atoms with Gasteiger partial charge in [0.2, 0.25) is 0 Å². The smallest absolute Gasteiger partial charge is 0.374 e. The first-order valence-electron chi connectivity index (χ1n) is 15.8. The minimum absolute atomic E-state index is 0.675. The molecule has 0 bridgehead atoms. The Hall–Kier alpha value is 0.0569. The van der Waals surface area contributed by atoms with Crippen LogP contribution >= 0.6 is 0 Å². The third-order valence-electron chi connectivity index (χ3n) is 7.38. The Balaban J connectivity index is 4.63. The molecule has 0 rings (SSSR count). The third kappa shape index (κ3) is 19.8. The number of hydrogen-bond donors (Lipinski definition) is 0. The average Bonchev–Trinajstić information content (AvgIpc) is 2.83. The second-order valence-electron chi connectivity index (χ2n) is 10.8. The maximum absolute atomic E-state index is 6.12. The maximum Gasteiger partial charge on any atom is 0.501 e. The zero-order chi connectivity index (χ0) is 26.1. The molecule has 0 aliphatic carbocycles. The molecule has 0 saturated carbocycles. The van der Waals surface area contributed by atoms with Gasteiger partial charge >= 0.3 is 8.80 Å². The summed E-state index contributed by atoms with van der Waals surface area (Å²) in [4.78, 5) is 0. The highest BCUT2D eigenvalue weighted by Crippen LogP contribution is 2.21. The van der Waals surface area contributed by atoms with Crippen LogP contribution in [0.1, 0.15) is 144 Å². The van der Waals surface area contributed by atoms with E-state index in [1.54, 1.807) is 0 Å². The van der Waals surface area contributed by atoms with Crippen LogP contribution in [-0.2, 0) is 13.3 Å². The van der Waals surface area contributed by atoms with Gasteiger partial charge in [-0.3, -0.25) is 0 Å². The summed E-state index contributed by atoms with van der Waals surface area (Å²) < 4.78 is 19.6. The van der Waals surface area contributed by atoms with Crippen molar-refractivity contribution in [1.29, 1.82) is 0 Å². The standard InChI is InChI=1S/C30H66NO3Si/c1-7-12-14-16-18-20-22-24-27-31(6,28-25-23-21-19-17-15-13-8-2)29-26-30-35(32-9-3,33-10-4)34-11-5/h7-30H2,1-6H3/q+1. The summed E-state index contributed by atoms with van der Waals surface area (Å²) in [5, 5.41) is 0. The molecule has 0 N–H and O–H groups in total. The molecule has 0 aliphatic rings. The van der Waals surface area contributed by atoms with Crippen LogP contribution in [0, 0.1) is 0 Å². The first kappa shape index (κ1) is 35.1. The molecule has 0 fully saturated rings. The van der Waals surface area contributed by atoms with Gasteiger partial charge in [0.25, 0.3) is 0 Å². The number of hydrogen-bond acceptors (Lipinski definition) is 3. The summed E-state index contributed by atoms with van der Waals surface area (Å²) in [6.45, 7) is 16.7. The second-order valence-corrected chi connectivity index (χ2v) is 13.6. The van der Waals surface area contributed by atoms with Crippen LogP contribution in [0.3, 0.4) is 0 Å². The average molecular weight is 517 g/mol. The van der Waals surface area contributed by atoms with E-state index in [0.29, 0.717) is 19.8 Å². The fourth-order valence-corrected chi connectivity index (χ4v) is 7.86. The summed E-state index contributed by atoms with van der Waals surface area (Å²) in [7, 11) is -0.0177. The SMILES string of the molecule is CCCCCCCCCC[N+](C)(CCCCCCCCCC)CCC[Si](OCC)(OCC)OCC. The topological polar surface area (TPSA) is 27.7 Å². The van der Waals surface area contributed by atoms with Crippen molar-refractivity contribution in [3.8, 4) is 0 Å². The molecule has 212 valence electrons. The summed E-state index contributed by atoms with van der Waals surface area (Å²) in [6.07, 6.45) is 23.5. The van der Waals surface area contributed by atoms with E-state index in [-0.39, 0.29) is 0 Å². The van der Waals surface area contributed by atoms with Crippen molar-refractivity contribution in [3.05, 3.63) is 0 Å². The predicted molar refractivity (Wildman–Crippen MR) is 156 cm³/mol. The first-order chi connectivity index (χ1) is 17.0. The van der Waals surface area contributed by atoms with Gasteiger partial charge in [0.05, 0.1) is 26.7 Å². The van der Waals surface area contributed by atoms with E-state index in [4.69, 9.17) is 13.3 Å². The van der Waals surface area contributed by atoms with Gasteiger partial charge < -0.3 is 17.8 Å². The Kier molecular flexibility index (Phi) is 24.4. The number of unbranched alkanes of at least 4 members (excludes halogenated alkanes) is 14. The lowest BCUT2D eigenvalue weighted by molar-refractivity contribution is -0.910. The minimum atomic E-state index is -2.53. The maximum atomic E-state index is 6.12. The highest BCUT2D eigenvalue weighted by Gasteiger charge is 2.40. The summed E-state index contributed by atoms with van der Waals surface area (Å²) >= 11 is 0. The van der Waals surface area contributed by atoms with Crippen molar-refractivity contribution in [2.75, 3.05) is 46.5 Å². The Labute approximate surface area is 222 Å². The molecule has 0 aromatic carbocycles. The van der Waals surface area contributed by atoms with Gasteiger partial charge in [-0.05, 0) is 46.5 Å². The Morgan fingerprint density at radius 2 is 0.743 bits per heavy atom. The quantitative estimate of drug-likeness (QED) is 0.0589. The molecule has 4 nitrogen and oxygen atoms in total. The van der Waals surface area contributed by atoms with E-state index in [9.17, 15) is 0 Å². The second kappa shape index (κ2) is 24.4. The number of quaternary nitrogens is 1. The monoisotopic (exact) mass is 516 g/mol. The van der Waals surface area contributed by atoms with Gasteiger partial charge in [-0.25, -0.2) is 0 Å². The molecule has 0 heterocycles. The highest BCUT2D eigenvalue weighted by molar-refractivity contribution is 6.60. The van der Waals surface area contributed by atoms with E-state index < -0.39 is 8.80 Å². The van der Waals surface area contributed by atoms with Crippen LogP contribution in [0.15, 0.2) is 0 Å². The van der Waals surface area contributed by atoms with Crippen LogP contribution in [0.4, 0.5) is 0 Å². The fourth-order valence-electron chi connectivity index (χ4n) is 5.27. The largest absolute Gasteiger partial charge is 0.501 e. The third-order valence-corrected chi connectivity index (χ3v) is 10.5. The summed E-state index contributed by atoms with van der Waals surface area (Å²) in [5.74, 6) is 0. The van der Waals surface area contributed by atoms with Crippen molar-refractivity contribution in [1.82, 2.24) is 0 Å². The summed E-state index contributed by atoms with van der Waals surface area (Å²) in [6, 6.07) is 0.950. The van der Waals surface area contributed by atoms with Crippen molar-refractivity contribution in [2.45, 2.75) is 150 Å². The lowest BCUT2D eigenvalue weighted by Gasteiger charge is -2.36. The lowest BCUT2D eigenvalue weighted by atomic mass is 10.1. The highest BCUT2D eigenvalue weighted by atomic mass is 28.4. The van der Waals surface area contributed by atoms with Crippen molar-refractivity contribution in [2.24, 2.45) is 0 Å². The molecule has 0 unspecified atom stereocenters. The van der Waals surface area contributed by atoms with Crippen LogP contribution in [0.5, 0.6) is 0 Å². The molecule has 0 radical (unpaired) electrons. The van der Waals surface area contributed by atoms with E-state index >= 15 is 0 Å². The molecule has 35 heavy (non-hydrogen) atoms. The van der Waals surface area contributed by atoms with Crippen LogP contribution in [0.25, 0.3) is 0 Å². The molecule has 0 aromatic rings. The molecule has 0 atom stereocenters. The van der Waals surface area contributed by atoms with Gasteiger partial charge in [-0.1, -0.05) is 90.9 Å². The predicted octanol–water partition coefficient (Wildman–Crippen LogP) is 9.15. The zero-order valence-electron chi connectivity index (χ0n) is 25.1. The van der Waals surface area contributed by atoms with Crippen LogP contribution in [-0.4, -0.2) is 59.8 Å². The molecular weight excluding hydrogens is 450 g/mol. The van der Waals surface area contributed by atoms with Crippen molar-refractivity contribution < 1.29 is 17.8 Å². The first-order valence-corrected chi connectivity index (χ1v) is 17.7. The molecule has 0 amide bonds. The van der Waals surface area contributed by atoms with Crippen LogP contribution < -0.4 is 0 Å². The van der Waals surface area contributed by atoms with Crippen LogP contribution in [0.2, 0.25) is 6.04 Å². The fraction of sp³-hybridized carbons (Fsp3) is 1.00. The Morgan fingerprint density at radius 1 is 0.429 bits per heavy atom. The van der Waals surface area contributed by atoms with E-state index in [0.717, 1.165) is 12.5 Å². The molecular formula is C30H66NO3Si+.